The summed E-state index contributed by atoms with van der Waals surface area (Å²) in [6.07, 6.45) is 8.23. The number of nitrogens with one attached hydrogen (secondary N) is 1. The average Bonchev–Trinajstić information content (AvgIpc) is 2.55. The maximum atomic E-state index is 5.77. The maximum absolute atomic E-state index is 5.77. The largest absolute Gasteiger partial charge is 0.493 e. The molecule has 1 aliphatic rings. The lowest BCUT2D eigenvalue weighted by atomic mass is 9.89. The first-order chi connectivity index (χ1) is 10.7. The molecule has 1 atom stereocenters. The van der Waals surface area contributed by atoms with Crippen LogP contribution in [0.15, 0.2) is 24.3 Å². The summed E-state index contributed by atoms with van der Waals surface area (Å²) in [6, 6.07) is 9.14. The van der Waals surface area contributed by atoms with Crippen molar-refractivity contribution in [1.29, 1.82) is 0 Å². The number of hydrogen-bond donors (Lipinski definition) is 1. The summed E-state index contributed by atoms with van der Waals surface area (Å²) in [5.74, 6) is 2.44. The lowest BCUT2D eigenvalue weighted by molar-refractivity contribution is 0.271. The van der Waals surface area contributed by atoms with Crippen LogP contribution in [0.1, 0.15) is 70.9 Å². The van der Waals surface area contributed by atoms with E-state index < -0.39 is 0 Å². The van der Waals surface area contributed by atoms with Crippen LogP contribution in [0.3, 0.4) is 0 Å². The molecule has 1 fully saturated rings. The Morgan fingerprint density at radius 3 is 2.36 bits per heavy atom. The van der Waals surface area contributed by atoms with Gasteiger partial charge in [0.05, 0.1) is 6.61 Å². The highest BCUT2D eigenvalue weighted by atomic mass is 16.5. The number of ether oxygens (including phenoxy) is 1. The van der Waals surface area contributed by atoms with Gasteiger partial charge in [0.2, 0.25) is 0 Å². The topological polar surface area (TPSA) is 21.3 Å². The second kappa shape index (κ2) is 9.19. The Kier molecular flexibility index (Phi) is 7.24. The molecule has 2 heteroatoms. The lowest BCUT2D eigenvalue weighted by Gasteiger charge is -2.25. The molecule has 0 amide bonds. The van der Waals surface area contributed by atoms with Gasteiger partial charge in [-0.2, -0.15) is 0 Å². The van der Waals surface area contributed by atoms with Gasteiger partial charge >= 0.3 is 0 Å². The third-order valence-corrected chi connectivity index (χ3v) is 4.65. The first kappa shape index (κ1) is 17.3. The Balaban J connectivity index is 1.84. The molecule has 1 aromatic rings. The molecule has 1 saturated carbocycles. The third-order valence-electron chi connectivity index (χ3n) is 4.65. The molecule has 1 aliphatic carbocycles. The Bertz CT molecular complexity index is 406. The van der Waals surface area contributed by atoms with Crippen molar-refractivity contribution < 1.29 is 4.74 Å². The minimum atomic E-state index is 0.473. The fraction of sp³-hybridized carbons (Fsp3) is 0.700. The minimum Gasteiger partial charge on any atom is -0.493 e. The van der Waals surface area contributed by atoms with Crippen molar-refractivity contribution in [2.24, 2.45) is 11.8 Å². The Morgan fingerprint density at radius 2 is 1.77 bits per heavy atom. The summed E-state index contributed by atoms with van der Waals surface area (Å²) in [6.45, 7) is 8.58. The number of rotatable bonds is 8. The van der Waals surface area contributed by atoms with E-state index in [2.05, 4.69) is 50.4 Å². The van der Waals surface area contributed by atoms with Crippen LogP contribution in [-0.2, 0) is 0 Å². The summed E-state index contributed by atoms with van der Waals surface area (Å²) in [5, 5.41) is 3.78. The predicted molar refractivity (Wildman–Crippen MR) is 94.4 cm³/mol. The minimum absolute atomic E-state index is 0.473. The smallest absolute Gasteiger partial charge is 0.119 e. The van der Waals surface area contributed by atoms with Gasteiger partial charge in [0.1, 0.15) is 5.75 Å². The molecule has 22 heavy (non-hydrogen) atoms. The van der Waals surface area contributed by atoms with Crippen molar-refractivity contribution in [3.05, 3.63) is 29.8 Å². The maximum Gasteiger partial charge on any atom is 0.119 e. The molecule has 0 aliphatic heterocycles. The van der Waals surface area contributed by atoms with Gasteiger partial charge in [-0.3, -0.25) is 0 Å². The fourth-order valence-electron chi connectivity index (χ4n) is 3.26. The molecular formula is C20H33NO. The first-order valence-electron chi connectivity index (χ1n) is 9.15. The van der Waals surface area contributed by atoms with Crippen LogP contribution in [0.5, 0.6) is 5.75 Å². The Morgan fingerprint density at radius 1 is 1.09 bits per heavy atom. The van der Waals surface area contributed by atoms with E-state index in [1.807, 2.05) is 0 Å². The monoisotopic (exact) mass is 303 g/mol. The predicted octanol–water partition coefficient (Wildman–Crippen LogP) is 5.34. The molecule has 2 nitrogen and oxygen atoms in total. The molecule has 0 heterocycles. The van der Waals surface area contributed by atoms with Crippen LogP contribution in [-0.4, -0.2) is 13.2 Å². The molecule has 0 spiro atoms. The van der Waals surface area contributed by atoms with Gasteiger partial charge < -0.3 is 10.1 Å². The molecule has 2 rings (SSSR count). The van der Waals surface area contributed by atoms with Gasteiger partial charge in [-0.25, -0.2) is 0 Å². The zero-order valence-electron chi connectivity index (χ0n) is 14.6. The van der Waals surface area contributed by atoms with E-state index in [1.165, 1.54) is 44.2 Å². The highest BCUT2D eigenvalue weighted by molar-refractivity contribution is 5.29. The molecule has 0 saturated heterocycles. The lowest BCUT2D eigenvalue weighted by Crippen LogP contribution is -2.28. The van der Waals surface area contributed by atoms with E-state index in [-0.39, 0.29) is 0 Å². The summed E-state index contributed by atoms with van der Waals surface area (Å²) >= 11 is 0. The molecule has 124 valence electrons. The van der Waals surface area contributed by atoms with Crippen LogP contribution in [0.2, 0.25) is 0 Å². The molecule has 1 aromatic carbocycles. The zero-order valence-corrected chi connectivity index (χ0v) is 14.6. The van der Waals surface area contributed by atoms with Gasteiger partial charge in [0, 0.05) is 6.04 Å². The van der Waals surface area contributed by atoms with Gasteiger partial charge in [-0.15, -0.1) is 0 Å². The first-order valence-corrected chi connectivity index (χ1v) is 9.15. The molecule has 1 N–H and O–H groups in total. The fourth-order valence-corrected chi connectivity index (χ4v) is 3.26. The highest BCUT2D eigenvalue weighted by Crippen LogP contribution is 2.25. The van der Waals surface area contributed by atoms with Crippen LogP contribution in [0.4, 0.5) is 0 Å². The highest BCUT2D eigenvalue weighted by Gasteiger charge is 2.16. The molecular weight excluding hydrogens is 270 g/mol. The van der Waals surface area contributed by atoms with E-state index in [0.29, 0.717) is 12.0 Å². The second-order valence-electron chi connectivity index (χ2n) is 7.15. The van der Waals surface area contributed by atoms with E-state index in [1.54, 1.807) is 0 Å². The van der Waals surface area contributed by atoms with Gasteiger partial charge in [-0.1, -0.05) is 52.2 Å². The third kappa shape index (κ3) is 5.64. The number of benzene rings is 1. The van der Waals surface area contributed by atoms with Crippen molar-refractivity contribution in [2.75, 3.05) is 13.2 Å². The number of hydrogen-bond acceptors (Lipinski definition) is 2. The Labute approximate surface area is 136 Å². The summed E-state index contributed by atoms with van der Waals surface area (Å²) < 4.78 is 5.77. The SMILES string of the molecule is CCC(NCC1CCCCC1)c1ccc(OCC(C)C)cc1. The van der Waals surface area contributed by atoms with E-state index >= 15 is 0 Å². The van der Waals surface area contributed by atoms with E-state index in [9.17, 15) is 0 Å². The summed E-state index contributed by atoms with van der Waals surface area (Å²) in [7, 11) is 0. The Hall–Kier alpha value is -1.02. The molecule has 1 unspecified atom stereocenters. The van der Waals surface area contributed by atoms with E-state index in [0.717, 1.165) is 24.7 Å². The molecule has 0 aromatic heterocycles. The van der Waals surface area contributed by atoms with Crippen molar-refractivity contribution in [3.63, 3.8) is 0 Å². The van der Waals surface area contributed by atoms with Crippen LogP contribution < -0.4 is 10.1 Å². The molecule has 0 radical (unpaired) electrons. The van der Waals surface area contributed by atoms with Gasteiger partial charge in [0.25, 0.3) is 0 Å². The average molecular weight is 303 g/mol. The van der Waals surface area contributed by atoms with Gasteiger partial charge in [-0.05, 0) is 55.3 Å². The normalized spacial score (nSPS) is 17.6. The zero-order chi connectivity index (χ0) is 15.8. The van der Waals surface area contributed by atoms with Crippen molar-refractivity contribution in [2.45, 2.75) is 65.3 Å². The van der Waals surface area contributed by atoms with Crippen LogP contribution in [0.25, 0.3) is 0 Å². The van der Waals surface area contributed by atoms with Crippen LogP contribution in [0, 0.1) is 11.8 Å². The van der Waals surface area contributed by atoms with Crippen molar-refractivity contribution >= 4 is 0 Å². The standard InChI is InChI=1S/C20H33NO/c1-4-20(21-14-17-8-6-5-7-9-17)18-10-12-19(13-11-18)22-15-16(2)3/h10-13,16-17,20-21H,4-9,14-15H2,1-3H3. The summed E-state index contributed by atoms with van der Waals surface area (Å²) in [5.41, 5.74) is 1.38. The van der Waals surface area contributed by atoms with E-state index in [4.69, 9.17) is 4.74 Å². The van der Waals surface area contributed by atoms with Crippen molar-refractivity contribution in [1.82, 2.24) is 5.32 Å². The second-order valence-corrected chi connectivity index (χ2v) is 7.15. The van der Waals surface area contributed by atoms with Crippen LogP contribution >= 0.6 is 0 Å². The quantitative estimate of drug-likeness (QED) is 0.699. The summed E-state index contributed by atoms with van der Waals surface area (Å²) in [4.78, 5) is 0. The molecule has 0 bridgehead atoms. The van der Waals surface area contributed by atoms with Gasteiger partial charge in [0.15, 0.2) is 0 Å². The van der Waals surface area contributed by atoms with Crippen molar-refractivity contribution in [3.8, 4) is 5.75 Å².